The number of piperidine rings is 1. The number of aryl methyl sites for hydroxylation is 1. The van der Waals surface area contributed by atoms with Crippen molar-refractivity contribution in [2.75, 3.05) is 23.7 Å². The van der Waals surface area contributed by atoms with Gasteiger partial charge in [-0.2, -0.15) is 4.98 Å². The van der Waals surface area contributed by atoms with Gasteiger partial charge in [-0.3, -0.25) is 0 Å². The van der Waals surface area contributed by atoms with E-state index < -0.39 is 5.92 Å². The maximum Gasteiger partial charge on any atom is 0.251 e. The first-order valence-corrected chi connectivity index (χ1v) is 5.20. The molecule has 16 heavy (non-hydrogen) atoms. The maximum atomic E-state index is 12.9. The number of nitrogens with zero attached hydrogens (tertiary/aromatic N) is 3. The Hall–Kier alpha value is -1.46. The van der Waals surface area contributed by atoms with Crippen LogP contribution in [0.1, 0.15) is 18.4 Å². The first-order chi connectivity index (χ1) is 7.48. The summed E-state index contributed by atoms with van der Waals surface area (Å²) < 4.78 is 25.9. The van der Waals surface area contributed by atoms with Crippen LogP contribution in [0.2, 0.25) is 0 Å². The van der Waals surface area contributed by atoms with Gasteiger partial charge < -0.3 is 10.6 Å². The van der Waals surface area contributed by atoms with Gasteiger partial charge in [-0.15, -0.1) is 0 Å². The normalized spacial score (nSPS) is 19.8. The van der Waals surface area contributed by atoms with E-state index in [-0.39, 0.29) is 25.9 Å². The van der Waals surface area contributed by atoms with E-state index in [0.717, 1.165) is 5.56 Å². The summed E-state index contributed by atoms with van der Waals surface area (Å²) in [6, 6.07) is 0. The molecular weight excluding hydrogens is 214 g/mol. The Kier molecular flexibility index (Phi) is 2.65. The second-order valence-corrected chi connectivity index (χ2v) is 4.08. The minimum absolute atomic E-state index is 0.149. The van der Waals surface area contributed by atoms with Gasteiger partial charge in [0.25, 0.3) is 5.92 Å². The van der Waals surface area contributed by atoms with E-state index in [1.807, 2.05) is 6.92 Å². The third-order valence-corrected chi connectivity index (χ3v) is 2.78. The Labute approximate surface area is 92.5 Å². The van der Waals surface area contributed by atoms with Crippen LogP contribution in [0.15, 0.2) is 6.20 Å². The van der Waals surface area contributed by atoms with Crippen LogP contribution in [0, 0.1) is 6.92 Å². The van der Waals surface area contributed by atoms with Crippen LogP contribution in [-0.2, 0) is 0 Å². The average molecular weight is 228 g/mol. The van der Waals surface area contributed by atoms with Crippen molar-refractivity contribution in [3.63, 3.8) is 0 Å². The zero-order chi connectivity index (χ0) is 11.8. The van der Waals surface area contributed by atoms with E-state index in [0.29, 0.717) is 11.8 Å². The van der Waals surface area contributed by atoms with Crippen molar-refractivity contribution >= 4 is 11.8 Å². The van der Waals surface area contributed by atoms with E-state index >= 15 is 0 Å². The topological polar surface area (TPSA) is 55.0 Å². The summed E-state index contributed by atoms with van der Waals surface area (Å²) in [4.78, 5) is 9.94. The average Bonchev–Trinajstić information content (AvgIpc) is 2.22. The molecule has 0 aromatic carbocycles. The van der Waals surface area contributed by atoms with Gasteiger partial charge in [-0.1, -0.05) is 0 Å². The fourth-order valence-electron chi connectivity index (χ4n) is 1.63. The van der Waals surface area contributed by atoms with Crippen LogP contribution in [0.5, 0.6) is 0 Å². The van der Waals surface area contributed by atoms with Crippen molar-refractivity contribution in [3.8, 4) is 0 Å². The van der Waals surface area contributed by atoms with E-state index in [1.165, 1.54) is 0 Å². The Balaban J connectivity index is 2.11. The molecule has 1 aliphatic heterocycles. The lowest BCUT2D eigenvalue weighted by molar-refractivity contribution is -0.0222. The number of rotatable bonds is 1. The molecule has 2 rings (SSSR count). The van der Waals surface area contributed by atoms with Crippen molar-refractivity contribution in [2.24, 2.45) is 0 Å². The highest BCUT2D eigenvalue weighted by Gasteiger charge is 2.34. The van der Waals surface area contributed by atoms with Gasteiger partial charge >= 0.3 is 0 Å². The molecule has 0 bridgehead atoms. The van der Waals surface area contributed by atoms with Crippen LogP contribution < -0.4 is 10.6 Å². The molecule has 1 aromatic rings. The van der Waals surface area contributed by atoms with E-state index in [2.05, 4.69) is 9.97 Å². The molecule has 6 heteroatoms. The Morgan fingerprint density at radius 1 is 1.38 bits per heavy atom. The molecule has 0 amide bonds. The number of nitrogen functional groups attached to an aromatic ring is 1. The van der Waals surface area contributed by atoms with Gasteiger partial charge in [0.15, 0.2) is 0 Å². The van der Waals surface area contributed by atoms with Crippen molar-refractivity contribution in [1.29, 1.82) is 0 Å². The summed E-state index contributed by atoms with van der Waals surface area (Å²) in [6.07, 6.45) is 1.32. The highest BCUT2D eigenvalue weighted by Crippen LogP contribution is 2.29. The fourth-order valence-corrected chi connectivity index (χ4v) is 1.63. The molecule has 0 unspecified atom stereocenters. The third-order valence-electron chi connectivity index (χ3n) is 2.78. The van der Waals surface area contributed by atoms with E-state index in [1.54, 1.807) is 11.1 Å². The van der Waals surface area contributed by atoms with Gasteiger partial charge in [-0.05, 0) is 6.92 Å². The molecule has 0 radical (unpaired) electrons. The fraction of sp³-hybridized carbons (Fsp3) is 0.600. The van der Waals surface area contributed by atoms with Gasteiger partial charge in [0.1, 0.15) is 5.82 Å². The van der Waals surface area contributed by atoms with Gasteiger partial charge in [0.05, 0.1) is 0 Å². The predicted molar refractivity (Wildman–Crippen MR) is 57.6 cm³/mol. The van der Waals surface area contributed by atoms with Gasteiger partial charge in [-0.25, -0.2) is 13.8 Å². The number of hydrogen-bond donors (Lipinski definition) is 1. The quantitative estimate of drug-likeness (QED) is 0.793. The third kappa shape index (κ3) is 2.20. The minimum atomic E-state index is -2.55. The molecule has 0 aliphatic carbocycles. The number of hydrogen-bond acceptors (Lipinski definition) is 4. The van der Waals surface area contributed by atoms with Crippen LogP contribution in [0.3, 0.4) is 0 Å². The Morgan fingerprint density at radius 2 is 2.00 bits per heavy atom. The summed E-state index contributed by atoms with van der Waals surface area (Å²) >= 11 is 0. The zero-order valence-corrected chi connectivity index (χ0v) is 9.08. The first kappa shape index (κ1) is 11.0. The number of anilines is 2. The molecular formula is C10H14F2N4. The summed E-state index contributed by atoms with van der Waals surface area (Å²) in [7, 11) is 0. The summed E-state index contributed by atoms with van der Waals surface area (Å²) in [6.45, 7) is 2.36. The summed E-state index contributed by atoms with van der Waals surface area (Å²) in [5, 5.41) is 0. The van der Waals surface area contributed by atoms with Gasteiger partial charge in [0, 0.05) is 37.7 Å². The summed E-state index contributed by atoms with van der Waals surface area (Å²) in [5.74, 6) is -1.70. The van der Waals surface area contributed by atoms with Crippen molar-refractivity contribution in [3.05, 3.63) is 11.8 Å². The Morgan fingerprint density at radius 3 is 2.56 bits per heavy atom. The number of aromatic nitrogens is 2. The molecule has 88 valence electrons. The highest BCUT2D eigenvalue weighted by molar-refractivity contribution is 5.43. The van der Waals surface area contributed by atoms with Crippen LogP contribution in [0.4, 0.5) is 20.5 Å². The molecule has 4 nitrogen and oxygen atoms in total. The largest absolute Gasteiger partial charge is 0.383 e. The molecule has 2 heterocycles. The maximum absolute atomic E-state index is 12.9. The second-order valence-electron chi connectivity index (χ2n) is 4.08. The number of alkyl halides is 2. The molecule has 2 N–H and O–H groups in total. The van der Waals surface area contributed by atoms with Crippen molar-refractivity contribution in [1.82, 2.24) is 9.97 Å². The first-order valence-electron chi connectivity index (χ1n) is 5.20. The monoisotopic (exact) mass is 228 g/mol. The van der Waals surface area contributed by atoms with Crippen LogP contribution in [-0.4, -0.2) is 29.0 Å². The van der Waals surface area contributed by atoms with Crippen molar-refractivity contribution in [2.45, 2.75) is 25.7 Å². The standard InChI is InChI=1S/C10H14F2N4/c1-7-6-14-9(15-8(7)13)16-4-2-10(11,12)3-5-16/h6H,2-5H2,1H3,(H2,13,14,15). The van der Waals surface area contributed by atoms with Crippen LogP contribution in [0.25, 0.3) is 0 Å². The molecule has 1 fully saturated rings. The van der Waals surface area contributed by atoms with E-state index in [4.69, 9.17) is 5.73 Å². The minimum Gasteiger partial charge on any atom is -0.383 e. The molecule has 1 saturated heterocycles. The summed E-state index contributed by atoms with van der Waals surface area (Å²) in [5.41, 5.74) is 6.45. The lowest BCUT2D eigenvalue weighted by Gasteiger charge is -2.31. The zero-order valence-electron chi connectivity index (χ0n) is 9.08. The number of nitrogens with two attached hydrogens (primary N) is 1. The lowest BCUT2D eigenvalue weighted by Crippen LogP contribution is -2.40. The molecule has 0 atom stereocenters. The smallest absolute Gasteiger partial charge is 0.251 e. The molecule has 1 aromatic heterocycles. The number of halogens is 2. The highest BCUT2D eigenvalue weighted by atomic mass is 19.3. The molecule has 0 spiro atoms. The van der Waals surface area contributed by atoms with Gasteiger partial charge in [0.2, 0.25) is 5.95 Å². The van der Waals surface area contributed by atoms with Crippen molar-refractivity contribution < 1.29 is 8.78 Å². The lowest BCUT2D eigenvalue weighted by atomic mass is 10.1. The second kappa shape index (κ2) is 3.84. The molecule has 0 saturated carbocycles. The molecule has 1 aliphatic rings. The van der Waals surface area contributed by atoms with E-state index in [9.17, 15) is 8.78 Å². The SMILES string of the molecule is Cc1cnc(N2CCC(F)(F)CC2)nc1N. The van der Waals surface area contributed by atoms with Crippen LogP contribution >= 0.6 is 0 Å². The Bertz CT molecular complexity index is 384. The predicted octanol–water partition coefficient (Wildman–Crippen LogP) is 1.60.